The number of benzene rings is 2. The SMILES string of the molecule is COc1nc(N(C)C2CCNC2)c2cnc(-c3cccc4cccc(C(F)F)c34)c(F)c2n1. The van der Waals surface area contributed by atoms with E-state index >= 15 is 4.39 Å². The molecule has 3 heterocycles. The number of rotatable bonds is 5. The highest BCUT2D eigenvalue weighted by Gasteiger charge is 2.26. The van der Waals surface area contributed by atoms with Gasteiger partial charge < -0.3 is 15.0 Å². The Kier molecular flexibility index (Phi) is 5.49. The Balaban J connectivity index is 1.75. The second-order valence-corrected chi connectivity index (χ2v) is 8.03. The summed E-state index contributed by atoms with van der Waals surface area (Å²) in [6, 6.07) is 9.86. The third-order valence-electron chi connectivity index (χ3n) is 6.17. The normalized spacial score (nSPS) is 16.1. The van der Waals surface area contributed by atoms with Gasteiger partial charge in [0.15, 0.2) is 5.82 Å². The molecule has 1 unspecified atom stereocenters. The van der Waals surface area contributed by atoms with Crippen LogP contribution in [-0.4, -0.2) is 48.2 Å². The minimum atomic E-state index is -2.71. The molecule has 0 amide bonds. The maximum absolute atomic E-state index is 15.9. The van der Waals surface area contributed by atoms with Gasteiger partial charge in [-0.2, -0.15) is 9.97 Å². The van der Waals surface area contributed by atoms with Gasteiger partial charge in [0.25, 0.3) is 6.43 Å². The smallest absolute Gasteiger partial charge is 0.318 e. The molecule has 9 heteroatoms. The van der Waals surface area contributed by atoms with E-state index in [1.54, 1.807) is 30.3 Å². The van der Waals surface area contributed by atoms with Crippen molar-refractivity contribution in [1.82, 2.24) is 20.3 Å². The van der Waals surface area contributed by atoms with E-state index < -0.39 is 12.2 Å². The highest BCUT2D eigenvalue weighted by atomic mass is 19.3. The van der Waals surface area contributed by atoms with Crippen molar-refractivity contribution in [2.75, 3.05) is 32.1 Å². The molecule has 0 spiro atoms. The van der Waals surface area contributed by atoms with E-state index in [-0.39, 0.29) is 39.8 Å². The number of nitrogens with zero attached hydrogens (tertiary/aromatic N) is 4. The topological polar surface area (TPSA) is 63.2 Å². The van der Waals surface area contributed by atoms with Crippen molar-refractivity contribution in [3.63, 3.8) is 0 Å². The maximum atomic E-state index is 15.9. The predicted molar refractivity (Wildman–Crippen MR) is 121 cm³/mol. The van der Waals surface area contributed by atoms with E-state index in [2.05, 4.69) is 20.3 Å². The monoisotopic (exact) mass is 453 g/mol. The number of halogens is 3. The molecule has 2 aromatic heterocycles. The molecular formula is C24H22F3N5O. The first-order chi connectivity index (χ1) is 16.0. The van der Waals surface area contributed by atoms with Crippen molar-refractivity contribution in [3.8, 4) is 17.3 Å². The van der Waals surface area contributed by atoms with E-state index in [1.165, 1.54) is 19.4 Å². The fraction of sp³-hybridized carbons (Fsp3) is 0.292. The zero-order chi connectivity index (χ0) is 23.1. The highest BCUT2D eigenvalue weighted by Crippen LogP contribution is 2.38. The summed E-state index contributed by atoms with van der Waals surface area (Å²) in [6.45, 7) is 1.67. The van der Waals surface area contributed by atoms with Crippen molar-refractivity contribution in [2.45, 2.75) is 18.9 Å². The number of likely N-dealkylation sites (N-methyl/N-ethyl adjacent to an activating group) is 1. The molecule has 4 aromatic rings. The van der Waals surface area contributed by atoms with Crippen LogP contribution in [0.25, 0.3) is 32.9 Å². The molecule has 0 radical (unpaired) electrons. The zero-order valence-corrected chi connectivity index (χ0v) is 18.1. The number of methoxy groups -OCH3 is 1. The fourth-order valence-corrected chi connectivity index (χ4v) is 4.46. The van der Waals surface area contributed by atoms with Gasteiger partial charge in [-0.25, -0.2) is 13.2 Å². The molecule has 2 aromatic carbocycles. The summed E-state index contributed by atoms with van der Waals surface area (Å²) in [7, 11) is 3.31. The number of hydrogen-bond acceptors (Lipinski definition) is 6. The van der Waals surface area contributed by atoms with Gasteiger partial charge >= 0.3 is 6.01 Å². The lowest BCUT2D eigenvalue weighted by molar-refractivity contribution is 0.153. The lowest BCUT2D eigenvalue weighted by atomic mass is 9.96. The van der Waals surface area contributed by atoms with Crippen LogP contribution in [0.1, 0.15) is 18.4 Å². The van der Waals surface area contributed by atoms with Crippen LogP contribution in [-0.2, 0) is 0 Å². The van der Waals surface area contributed by atoms with Crippen molar-refractivity contribution >= 4 is 27.5 Å². The molecule has 1 aliphatic heterocycles. The molecule has 5 rings (SSSR count). The van der Waals surface area contributed by atoms with Crippen LogP contribution in [0, 0.1) is 5.82 Å². The van der Waals surface area contributed by atoms with Gasteiger partial charge in [0.2, 0.25) is 0 Å². The summed E-state index contributed by atoms with van der Waals surface area (Å²) < 4.78 is 48.7. The summed E-state index contributed by atoms with van der Waals surface area (Å²) in [5.74, 6) is -0.196. The molecule has 0 bridgehead atoms. The Morgan fingerprint density at radius 2 is 1.94 bits per heavy atom. The Bertz CT molecular complexity index is 1340. The molecule has 0 saturated carbocycles. The van der Waals surface area contributed by atoms with Gasteiger partial charge in [0, 0.05) is 42.3 Å². The van der Waals surface area contributed by atoms with Crippen molar-refractivity contribution < 1.29 is 17.9 Å². The van der Waals surface area contributed by atoms with Gasteiger partial charge in [-0.05, 0) is 18.4 Å². The first-order valence-corrected chi connectivity index (χ1v) is 10.6. The van der Waals surface area contributed by atoms with Crippen LogP contribution in [0.4, 0.5) is 19.0 Å². The summed E-state index contributed by atoms with van der Waals surface area (Å²) in [5, 5.41) is 4.60. The highest BCUT2D eigenvalue weighted by molar-refractivity contribution is 6.00. The second kappa shape index (κ2) is 8.47. The average molecular weight is 453 g/mol. The lowest BCUT2D eigenvalue weighted by Crippen LogP contribution is -2.34. The number of aromatic nitrogens is 3. The second-order valence-electron chi connectivity index (χ2n) is 8.03. The number of pyridine rings is 1. The molecule has 6 nitrogen and oxygen atoms in total. The Morgan fingerprint density at radius 3 is 2.64 bits per heavy atom. The van der Waals surface area contributed by atoms with Gasteiger partial charge in [-0.3, -0.25) is 4.98 Å². The summed E-state index contributed by atoms with van der Waals surface area (Å²) in [4.78, 5) is 15.0. The largest absolute Gasteiger partial charge is 0.467 e. The molecular weight excluding hydrogens is 431 g/mol. The van der Waals surface area contributed by atoms with Gasteiger partial charge in [-0.1, -0.05) is 36.4 Å². The number of ether oxygens (including phenoxy) is 1. The zero-order valence-electron chi connectivity index (χ0n) is 18.1. The lowest BCUT2D eigenvalue weighted by Gasteiger charge is -2.26. The van der Waals surface area contributed by atoms with Crippen LogP contribution in [0.5, 0.6) is 6.01 Å². The molecule has 33 heavy (non-hydrogen) atoms. The van der Waals surface area contributed by atoms with Crippen LogP contribution >= 0.6 is 0 Å². The summed E-state index contributed by atoms with van der Waals surface area (Å²) >= 11 is 0. The third kappa shape index (κ3) is 3.62. The van der Waals surface area contributed by atoms with Crippen LogP contribution in [0.15, 0.2) is 42.6 Å². The number of alkyl halides is 2. The number of hydrogen-bond donors (Lipinski definition) is 1. The molecule has 1 fully saturated rings. The first-order valence-electron chi connectivity index (χ1n) is 10.6. The Hall–Kier alpha value is -3.46. The minimum absolute atomic E-state index is 0.0255. The van der Waals surface area contributed by atoms with E-state index in [9.17, 15) is 8.78 Å². The fourth-order valence-electron chi connectivity index (χ4n) is 4.46. The standard InChI is InChI=1S/C24H22F3N5O/c1-32(14-9-10-28-11-14)23-17-12-29-20(19(25)21(17)30-24(31-23)33-2)15-7-3-5-13-6-4-8-16(18(13)15)22(26)27/h3-8,12,14,22,28H,9-11H2,1-2H3. The quantitative estimate of drug-likeness (QED) is 0.472. The third-order valence-corrected chi connectivity index (χ3v) is 6.17. The molecule has 1 atom stereocenters. The number of nitrogens with one attached hydrogen (secondary N) is 1. The predicted octanol–water partition coefficient (Wildman–Crippen LogP) is 4.73. The van der Waals surface area contributed by atoms with E-state index in [1.807, 2.05) is 11.9 Å². The molecule has 1 N–H and O–H groups in total. The number of anilines is 1. The van der Waals surface area contributed by atoms with E-state index in [4.69, 9.17) is 4.74 Å². The average Bonchev–Trinajstić information content (AvgIpc) is 3.37. The molecule has 1 saturated heterocycles. The summed E-state index contributed by atoms with van der Waals surface area (Å²) in [5.41, 5.74) is 0.110. The Labute approximate surface area is 188 Å². The molecule has 170 valence electrons. The first kappa shape index (κ1) is 21.4. The van der Waals surface area contributed by atoms with Gasteiger partial charge in [-0.15, -0.1) is 0 Å². The van der Waals surface area contributed by atoms with Crippen molar-refractivity contribution in [1.29, 1.82) is 0 Å². The van der Waals surface area contributed by atoms with E-state index in [0.29, 0.717) is 16.6 Å². The van der Waals surface area contributed by atoms with Crippen molar-refractivity contribution in [3.05, 3.63) is 54.0 Å². The molecule has 0 aliphatic carbocycles. The van der Waals surface area contributed by atoms with Crippen LogP contribution in [0.3, 0.4) is 0 Å². The van der Waals surface area contributed by atoms with E-state index in [0.717, 1.165) is 19.5 Å². The molecule has 1 aliphatic rings. The van der Waals surface area contributed by atoms with Gasteiger partial charge in [0.05, 0.1) is 12.5 Å². The van der Waals surface area contributed by atoms with Crippen LogP contribution in [0.2, 0.25) is 0 Å². The number of fused-ring (bicyclic) bond motifs is 2. The van der Waals surface area contributed by atoms with Crippen molar-refractivity contribution in [2.24, 2.45) is 0 Å². The maximum Gasteiger partial charge on any atom is 0.318 e. The minimum Gasteiger partial charge on any atom is -0.467 e. The van der Waals surface area contributed by atoms with Crippen LogP contribution < -0.4 is 15.0 Å². The summed E-state index contributed by atoms with van der Waals surface area (Å²) in [6.07, 6.45) is -0.281. The van der Waals surface area contributed by atoms with Gasteiger partial charge in [0.1, 0.15) is 17.0 Å². The Morgan fingerprint density at radius 1 is 1.15 bits per heavy atom.